The molecule has 2 fully saturated rings. The van der Waals surface area contributed by atoms with Crippen molar-refractivity contribution in [2.75, 3.05) is 25.0 Å². The summed E-state index contributed by atoms with van der Waals surface area (Å²) in [6.07, 6.45) is 6.28. The van der Waals surface area contributed by atoms with Gasteiger partial charge < -0.3 is 10.1 Å². The third kappa shape index (κ3) is 6.60. The number of piperidine rings is 1. The predicted molar refractivity (Wildman–Crippen MR) is 159 cm³/mol. The average Bonchev–Trinajstić information content (AvgIpc) is 3.17. The van der Waals surface area contributed by atoms with Crippen LogP contribution in [0.25, 0.3) is 6.08 Å². The van der Waals surface area contributed by atoms with Gasteiger partial charge in [-0.2, -0.15) is 4.31 Å². The van der Waals surface area contributed by atoms with Crippen LogP contribution in [0.3, 0.4) is 0 Å². The van der Waals surface area contributed by atoms with Crippen LogP contribution in [0.1, 0.15) is 82.9 Å². The van der Waals surface area contributed by atoms with E-state index in [0.717, 1.165) is 48.2 Å². The van der Waals surface area contributed by atoms with E-state index in [1.165, 1.54) is 14.6 Å². The smallest absolute Gasteiger partial charge is 0.414 e. The lowest BCUT2D eigenvalue weighted by Gasteiger charge is -2.34. The number of ether oxygens (including phenoxy) is 1. The largest absolute Gasteiger partial charge is 0.443 e. The highest BCUT2D eigenvalue weighted by atomic mass is 32.2. The predicted octanol–water partition coefficient (Wildman–Crippen LogP) is 5.16. The van der Waals surface area contributed by atoms with Crippen LogP contribution < -0.4 is 10.2 Å². The fourth-order valence-corrected chi connectivity index (χ4v) is 6.97. The van der Waals surface area contributed by atoms with Crippen molar-refractivity contribution < 1.29 is 22.7 Å². The van der Waals surface area contributed by atoms with E-state index in [1.807, 2.05) is 46.8 Å². The lowest BCUT2D eigenvalue weighted by molar-refractivity contribution is -0.125. The number of hydrogen-bond donors (Lipinski definition) is 1. The van der Waals surface area contributed by atoms with Crippen LogP contribution in [0, 0.1) is 25.7 Å². The summed E-state index contributed by atoms with van der Waals surface area (Å²) in [5.74, 6) is 1.73. The molecule has 0 aromatic heterocycles. The van der Waals surface area contributed by atoms with E-state index in [-0.39, 0.29) is 19.0 Å². The van der Waals surface area contributed by atoms with Crippen LogP contribution in [0.5, 0.6) is 0 Å². The molecule has 1 spiro atoms. The van der Waals surface area contributed by atoms with Gasteiger partial charge in [0.05, 0.1) is 0 Å². The Morgan fingerprint density at radius 1 is 1.12 bits per heavy atom. The van der Waals surface area contributed by atoms with Crippen molar-refractivity contribution in [3.8, 4) is 0 Å². The van der Waals surface area contributed by atoms with Crippen molar-refractivity contribution in [1.82, 2.24) is 9.62 Å². The van der Waals surface area contributed by atoms with Crippen LogP contribution in [-0.2, 0) is 19.6 Å². The van der Waals surface area contributed by atoms with Gasteiger partial charge in [-0.25, -0.2) is 13.2 Å². The van der Waals surface area contributed by atoms with Gasteiger partial charge in [0.2, 0.25) is 10.0 Å². The number of hydrogen-bond acceptors (Lipinski definition) is 6. The number of anilines is 1. The van der Waals surface area contributed by atoms with Crippen molar-refractivity contribution in [2.24, 2.45) is 16.8 Å². The highest BCUT2D eigenvalue weighted by Crippen LogP contribution is 2.36. The lowest BCUT2D eigenvalue weighted by Crippen LogP contribution is -2.50. The Balaban J connectivity index is 1.42. The van der Waals surface area contributed by atoms with Crippen LogP contribution in [0.15, 0.2) is 22.5 Å². The zero-order chi connectivity index (χ0) is 29.5. The maximum Gasteiger partial charge on any atom is 0.414 e. The molecule has 2 aliphatic heterocycles. The molecular weight excluding hydrogens is 528 g/mol. The standard InChI is InChI=1S/C30H44N4O5S/c1-20-8-10-23(11-9-20)26-31-27(35)30(32-26)13-15-34(16-14-30)40(37,38)17-12-25-21(2)18-24(19-22(25)3)33(7)28(36)39-29(4,5)6/h12,17-20,23H,8-11,13-16H2,1-7H3,(H,31,32,35). The Labute approximate surface area is 239 Å². The molecule has 1 aromatic carbocycles. The van der Waals surface area contributed by atoms with E-state index in [9.17, 15) is 18.0 Å². The van der Waals surface area contributed by atoms with E-state index >= 15 is 0 Å². The molecule has 1 saturated carbocycles. The van der Waals surface area contributed by atoms with Crippen molar-refractivity contribution in [2.45, 2.75) is 91.2 Å². The van der Waals surface area contributed by atoms with Gasteiger partial charge >= 0.3 is 6.09 Å². The van der Waals surface area contributed by atoms with Gasteiger partial charge in [0.15, 0.2) is 0 Å². The number of aliphatic imine (C=N–C) groups is 1. The highest BCUT2D eigenvalue weighted by molar-refractivity contribution is 7.92. The quantitative estimate of drug-likeness (QED) is 0.524. The molecule has 1 N–H and O–H groups in total. The summed E-state index contributed by atoms with van der Waals surface area (Å²) >= 11 is 0. The molecule has 2 amide bonds. The lowest BCUT2D eigenvalue weighted by atomic mass is 9.82. The number of rotatable bonds is 5. The Morgan fingerprint density at radius 2 is 1.70 bits per heavy atom. The molecule has 40 heavy (non-hydrogen) atoms. The average molecular weight is 573 g/mol. The van der Waals surface area contributed by atoms with E-state index in [4.69, 9.17) is 9.73 Å². The molecule has 0 bridgehead atoms. The van der Waals surface area contributed by atoms with Gasteiger partial charge in [0, 0.05) is 37.2 Å². The number of sulfonamides is 1. The summed E-state index contributed by atoms with van der Waals surface area (Å²) in [6, 6.07) is 3.68. The van der Waals surface area contributed by atoms with E-state index in [1.54, 1.807) is 13.1 Å². The van der Waals surface area contributed by atoms with Gasteiger partial charge in [0.1, 0.15) is 17.0 Å². The topological polar surface area (TPSA) is 108 Å². The SMILES string of the molecule is Cc1cc(N(C)C(=O)OC(C)(C)C)cc(C)c1C=CS(=O)(=O)N1CCC2(CC1)N=C(C1CCC(C)CC1)NC2=O. The van der Waals surface area contributed by atoms with Crippen molar-refractivity contribution >= 4 is 39.6 Å². The van der Waals surface area contributed by atoms with Gasteiger partial charge in [-0.1, -0.05) is 19.8 Å². The fraction of sp³-hybridized carbons (Fsp3) is 0.633. The van der Waals surface area contributed by atoms with E-state index < -0.39 is 27.3 Å². The molecule has 220 valence electrons. The highest BCUT2D eigenvalue weighted by Gasteiger charge is 2.48. The van der Waals surface area contributed by atoms with Gasteiger partial charge in [-0.3, -0.25) is 14.7 Å². The second kappa shape index (κ2) is 11.3. The Kier molecular flexibility index (Phi) is 8.53. The minimum Gasteiger partial charge on any atom is -0.443 e. The first-order valence-corrected chi connectivity index (χ1v) is 15.8. The zero-order valence-electron chi connectivity index (χ0n) is 24.9. The minimum absolute atomic E-state index is 0.0867. The number of amides is 2. The first-order valence-electron chi connectivity index (χ1n) is 14.3. The second-order valence-corrected chi connectivity index (χ2v) is 14.5. The maximum atomic E-state index is 13.2. The first-order chi connectivity index (χ1) is 18.6. The normalized spacial score (nSPS) is 23.8. The number of nitrogens with zero attached hydrogens (tertiary/aromatic N) is 3. The van der Waals surface area contributed by atoms with Crippen LogP contribution in [0.2, 0.25) is 0 Å². The third-order valence-electron chi connectivity index (χ3n) is 8.35. The molecular formula is C30H44N4O5S. The summed E-state index contributed by atoms with van der Waals surface area (Å²) < 4.78 is 33.4. The zero-order valence-corrected chi connectivity index (χ0v) is 25.7. The molecule has 2 heterocycles. The number of carbonyl (C=O) groups is 2. The van der Waals surface area contributed by atoms with Crippen molar-refractivity contribution in [3.05, 3.63) is 34.2 Å². The van der Waals surface area contributed by atoms with Crippen molar-refractivity contribution in [3.63, 3.8) is 0 Å². The van der Waals surface area contributed by atoms with Gasteiger partial charge in [0.25, 0.3) is 5.91 Å². The number of nitrogens with one attached hydrogen (secondary N) is 1. The summed E-state index contributed by atoms with van der Waals surface area (Å²) in [6.45, 7) is 12.0. The van der Waals surface area contributed by atoms with Crippen LogP contribution >= 0.6 is 0 Å². The first kappa shape index (κ1) is 30.2. The second-order valence-electron chi connectivity index (χ2n) is 12.7. The van der Waals surface area contributed by atoms with Gasteiger partial charge in [-0.05, 0) is 101 Å². The number of aryl methyl sites for hydroxylation is 2. The molecule has 3 aliphatic rings. The van der Waals surface area contributed by atoms with Gasteiger partial charge in [-0.15, -0.1) is 0 Å². The number of amidine groups is 1. The van der Waals surface area contributed by atoms with Crippen LogP contribution in [-0.4, -0.2) is 61.8 Å². The summed E-state index contributed by atoms with van der Waals surface area (Å²) in [5, 5.41) is 4.28. The Morgan fingerprint density at radius 3 is 2.25 bits per heavy atom. The molecule has 0 unspecified atom stereocenters. The summed E-state index contributed by atoms with van der Waals surface area (Å²) in [5.41, 5.74) is 1.68. The van der Waals surface area contributed by atoms with E-state index in [0.29, 0.717) is 30.4 Å². The molecule has 0 atom stereocenters. The minimum atomic E-state index is -3.69. The maximum absolute atomic E-state index is 13.2. The summed E-state index contributed by atoms with van der Waals surface area (Å²) in [7, 11) is -2.04. The molecule has 1 saturated heterocycles. The molecule has 9 nitrogen and oxygen atoms in total. The molecule has 1 aliphatic carbocycles. The molecule has 0 radical (unpaired) electrons. The monoisotopic (exact) mass is 572 g/mol. The van der Waals surface area contributed by atoms with E-state index in [2.05, 4.69) is 12.2 Å². The number of benzene rings is 1. The Hall–Kier alpha value is -2.72. The molecule has 4 rings (SSSR count). The molecule has 10 heteroatoms. The summed E-state index contributed by atoms with van der Waals surface area (Å²) in [4.78, 5) is 31.8. The van der Waals surface area contributed by atoms with Crippen LogP contribution in [0.4, 0.5) is 10.5 Å². The number of carbonyl (C=O) groups excluding carboxylic acids is 2. The molecule has 1 aromatic rings. The third-order valence-corrected chi connectivity index (χ3v) is 9.92. The fourth-order valence-electron chi connectivity index (χ4n) is 5.80. The Bertz CT molecular complexity index is 1290. The van der Waals surface area contributed by atoms with Crippen molar-refractivity contribution in [1.29, 1.82) is 0 Å².